The van der Waals surface area contributed by atoms with Gasteiger partial charge in [-0.3, -0.25) is 9.69 Å². The van der Waals surface area contributed by atoms with Crippen LogP contribution in [0, 0.1) is 11.6 Å². The van der Waals surface area contributed by atoms with Crippen molar-refractivity contribution in [3.05, 3.63) is 35.4 Å². The largest absolute Gasteiger partial charge is 0.339 e. The van der Waals surface area contributed by atoms with Gasteiger partial charge in [0.05, 0.1) is 5.92 Å². The lowest BCUT2D eigenvalue weighted by molar-refractivity contribution is -0.139. The molecular formula is C16H20F2N2OS. The van der Waals surface area contributed by atoms with Gasteiger partial charge in [0.15, 0.2) is 0 Å². The minimum absolute atomic E-state index is 0.0485. The summed E-state index contributed by atoms with van der Waals surface area (Å²) in [5.41, 5.74) is 0.403. The lowest BCUT2D eigenvalue weighted by atomic mass is 9.96. The highest BCUT2D eigenvalue weighted by Crippen LogP contribution is 2.25. The highest BCUT2D eigenvalue weighted by Gasteiger charge is 2.37. The van der Waals surface area contributed by atoms with Crippen molar-refractivity contribution in [2.24, 2.45) is 0 Å². The molecule has 6 heteroatoms. The Morgan fingerprint density at radius 2 is 1.77 bits per heavy atom. The third kappa shape index (κ3) is 3.27. The molecule has 0 aliphatic carbocycles. The molecule has 2 fully saturated rings. The van der Waals surface area contributed by atoms with Gasteiger partial charge < -0.3 is 4.90 Å². The summed E-state index contributed by atoms with van der Waals surface area (Å²) >= 11 is 1.97. The molecule has 0 radical (unpaired) electrons. The summed E-state index contributed by atoms with van der Waals surface area (Å²) in [6, 6.07) is 3.76. The van der Waals surface area contributed by atoms with Crippen molar-refractivity contribution in [1.29, 1.82) is 0 Å². The first-order valence-corrected chi connectivity index (χ1v) is 8.76. The van der Waals surface area contributed by atoms with Crippen LogP contribution in [0.15, 0.2) is 18.2 Å². The van der Waals surface area contributed by atoms with Gasteiger partial charge in [0.25, 0.3) is 0 Å². The summed E-state index contributed by atoms with van der Waals surface area (Å²) in [6.45, 7) is 5.34. The average Bonchev–Trinajstić information content (AvgIpc) is 2.45. The monoisotopic (exact) mass is 326 g/mol. The maximum atomic E-state index is 13.3. The fraction of sp³-hybridized carbons (Fsp3) is 0.562. The Bertz CT molecular complexity index is 537. The fourth-order valence-corrected chi connectivity index (χ4v) is 3.98. The van der Waals surface area contributed by atoms with E-state index in [2.05, 4.69) is 4.90 Å². The topological polar surface area (TPSA) is 23.6 Å². The standard InChI is InChI=1S/C16H20F2N2OS/c1-11(12-6-13(17)8-14(18)7-12)16(21)20-9-15(10-20)19-2-4-22-5-3-19/h6-8,11,15H,2-5,9-10H2,1H3. The Morgan fingerprint density at radius 1 is 1.18 bits per heavy atom. The minimum Gasteiger partial charge on any atom is -0.339 e. The van der Waals surface area contributed by atoms with E-state index < -0.39 is 17.6 Å². The molecule has 1 aromatic rings. The Morgan fingerprint density at radius 3 is 2.36 bits per heavy atom. The second kappa shape index (κ2) is 6.54. The first kappa shape index (κ1) is 15.7. The SMILES string of the molecule is CC(C(=O)N1CC(N2CCSCC2)C1)c1cc(F)cc(F)c1. The van der Waals surface area contributed by atoms with Gasteiger partial charge in [-0.1, -0.05) is 0 Å². The number of nitrogens with zero attached hydrogens (tertiary/aromatic N) is 2. The van der Waals surface area contributed by atoms with Gasteiger partial charge in [0.2, 0.25) is 5.91 Å². The molecule has 1 unspecified atom stereocenters. The molecule has 1 aromatic carbocycles. The predicted molar refractivity (Wildman–Crippen MR) is 84.0 cm³/mol. The van der Waals surface area contributed by atoms with Crippen molar-refractivity contribution < 1.29 is 13.6 Å². The van der Waals surface area contributed by atoms with E-state index >= 15 is 0 Å². The number of hydrogen-bond donors (Lipinski definition) is 0. The first-order chi connectivity index (χ1) is 10.5. The van der Waals surface area contributed by atoms with E-state index in [9.17, 15) is 13.6 Å². The van der Waals surface area contributed by atoms with E-state index in [-0.39, 0.29) is 5.91 Å². The van der Waals surface area contributed by atoms with E-state index in [1.54, 1.807) is 11.8 Å². The van der Waals surface area contributed by atoms with Crippen LogP contribution in [0.1, 0.15) is 18.4 Å². The number of thioether (sulfide) groups is 1. The first-order valence-electron chi connectivity index (χ1n) is 7.61. The van der Waals surface area contributed by atoms with Crippen LogP contribution in [0.25, 0.3) is 0 Å². The molecule has 0 aromatic heterocycles. The van der Waals surface area contributed by atoms with Crippen LogP contribution in [-0.4, -0.2) is 59.4 Å². The third-order valence-corrected chi connectivity index (χ3v) is 5.43. The number of hydrogen-bond acceptors (Lipinski definition) is 3. The van der Waals surface area contributed by atoms with Crippen molar-refractivity contribution in [2.75, 3.05) is 37.7 Å². The van der Waals surface area contributed by atoms with E-state index in [4.69, 9.17) is 0 Å². The van der Waals surface area contributed by atoms with Gasteiger partial charge in [0.1, 0.15) is 11.6 Å². The second-order valence-electron chi connectivity index (χ2n) is 5.97. The molecule has 3 nitrogen and oxygen atoms in total. The molecule has 1 atom stereocenters. The molecule has 3 rings (SSSR count). The molecule has 0 saturated carbocycles. The lowest BCUT2D eigenvalue weighted by Gasteiger charge is -2.47. The van der Waals surface area contributed by atoms with Gasteiger partial charge in [-0.25, -0.2) is 8.78 Å². The maximum absolute atomic E-state index is 13.3. The predicted octanol–water partition coefficient (Wildman–Crippen LogP) is 2.33. The molecule has 1 amide bonds. The van der Waals surface area contributed by atoms with Gasteiger partial charge >= 0.3 is 0 Å². The average molecular weight is 326 g/mol. The summed E-state index contributed by atoms with van der Waals surface area (Å²) in [5.74, 6) is 0.479. The molecule has 22 heavy (non-hydrogen) atoms. The second-order valence-corrected chi connectivity index (χ2v) is 7.19. The van der Waals surface area contributed by atoms with Crippen LogP contribution in [0.3, 0.4) is 0 Å². The quantitative estimate of drug-likeness (QED) is 0.852. The highest BCUT2D eigenvalue weighted by atomic mass is 32.2. The van der Waals surface area contributed by atoms with Gasteiger partial charge in [-0.05, 0) is 24.6 Å². The Labute approximate surface area is 133 Å². The van der Waals surface area contributed by atoms with Crippen LogP contribution >= 0.6 is 11.8 Å². The minimum atomic E-state index is -0.637. The van der Waals surface area contributed by atoms with Crippen molar-refractivity contribution >= 4 is 17.7 Å². The summed E-state index contributed by atoms with van der Waals surface area (Å²) in [6.07, 6.45) is 0. The molecule has 0 bridgehead atoms. The van der Waals surface area contributed by atoms with E-state index in [1.807, 2.05) is 11.8 Å². The van der Waals surface area contributed by atoms with Crippen LogP contribution < -0.4 is 0 Å². The van der Waals surface area contributed by atoms with Crippen LogP contribution in [0.2, 0.25) is 0 Å². The van der Waals surface area contributed by atoms with Crippen molar-refractivity contribution in [2.45, 2.75) is 18.9 Å². The third-order valence-electron chi connectivity index (χ3n) is 4.49. The lowest BCUT2D eigenvalue weighted by Crippen LogP contribution is -2.62. The zero-order chi connectivity index (χ0) is 15.7. The normalized spacial score (nSPS) is 21.5. The molecule has 0 spiro atoms. The zero-order valence-electron chi connectivity index (χ0n) is 12.6. The van der Waals surface area contributed by atoms with Crippen LogP contribution in [0.5, 0.6) is 0 Å². The molecule has 0 N–H and O–H groups in total. The number of rotatable bonds is 3. The number of carbonyl (C=O) groups excluding carboxylic acids is 1. The molecule has 2 saturated heterocycles. The highest BCUT2D eigenvalue weighted by molar-refractivity contribution is 7.99. The van der Waals surface area contributed by atoms with Gasteiger partial charge in [-0.15, -0.1) is 0 Å². The molecule has 2 heterocycles. The summed E-state index contributed by atoms with van der Waals surface area (Å²) in [5, 5.41) is 0. The Hall–Kier alpha value is -1.14. The molecule has 2 aliphatic rings. The number of benzene rings is 1. The van der Waals surface area contributed by atoms with Crippen LogP contribution in [0.4, 0.5) is 8.78 Å². The van der Waals surface area contributed by atoms with Gasteiger partial charge in [-0.2, -0.15) is 11.8 Å². The van der Waals surface area contributed by atoms with E-state index in [1.165, 1.54) is 12.1 Å². The molecule has 2 aliphatic heterocycles. The number of likely N-dealkylation sites (tertiary alicyclic amines) is 1. The fourth-order valence-electron chi connectivity index (χ4n) is 3.05. The Kier molecular flexibility index (Phi) is 4.68. The summed E-state index contributed by atoms with van der Waals surface area (Å²) < 4.78 is 26.6. The number of amides is 1. The maximum Gasteiger partial charge on any atom is 0.229 e. The van der Waals surface area contributed by atoms with Crippen molar-refractivity contribution in [3.63, 3.8) is 0 Å². The van der Waals surface area contributed by atoms with Crippen LogP contribution in [-0.2, 0) is 4.79 Å². The smallest absolute Gasteiger partial charge is 0.229 e. The number of halogens is 2. The molecular weight excluding hydrogens is 306 g/mol. The van der Waals surface area contributed by atoms with Crippen molar-refractivity contribution in [1.82, 2.24) is 9.80 Å². The Balaban J connectivity index is 1.58. The van der Waals surface area contributed by atoms with Gasteiger partial charge in [0, 0.05) is 49.8 Å². The summed E-state index contributed by atoms with van der Waals surface area (Å²) in [4.78, 5) is 16.7. The van der Waals surface area contributed by atoms with E-state index in [0.29, 0.717) is 11.6 Å². The zero-order valence-corrected chi connectivity index (χ0v) is 13.4. The summed E-state index contributed by atoms with van der Waals surface area (Å²) in [7, 11) is 0. The van der Waals surface area contributed by atoms with E-state index in [0.717, 1.165) is 43.8 Å². The van der Waals surface area contributed by atoms with Crippen molar-refractivity contribution in [3.8, 4) is 0 Å². The number of carbonyl (C=O) groups is 1. The molecule has 120 valence electrons.